The number of carbonyl (C=O) groups is 2. The van der Waals surface area contributed by atoms with E-state index < -0.39 is 5.97 Å². The summed E-state index contributed by atoms with van der Waals surface area (Å²) in [7, 11) is 1.69. The molecule has 1 N–H and O–H groups in total. The van der Waals surface area contributed by atoms with Crippen LogP contribution in [0.3, 0.4) is 0 Å². The standard InChI is InChI=1S/C14H19N3O3/c1-3-20-14(19)11-9-17(2)16-13(11)15-12(18)8-10-6-4-5-7-10/h4,6,9-10H,3,5,7-8H2,1-2H3,(H,15,16,18). The number of carbonyl (C=O) groups excluding carboxylic acids is 2. The molecule has 0 aliphatic heterocycles. The van der Waals surface area contributed by atoms with E-state index in [9.17, 15) is 9.59 Å². The molecule has 1 unspecified atom stereocenters. The molecule has 1 aliphatic rings. The average molecular weight is 277 g/mol. The van der Waals surface area contributed by atoms with Gasteiger partial charge in [-0.1, -0.05) is 12.2 Å². The Hall–Kier alpha value is -2.11. The first-order valence-electron chi connectivity index (χ1n) is 6.77. The van der Waals surface area contributed by atoms with Crippen molar-refractivity contribution in [1.29, 1.82) is 0 Å². The Kier molecular flexibility index (Phi) is 4.55. The maximum absolute atomic E-state index is 12.0. The van der Waals surface area contributed by atoms with E-state index in [1.807, 2.05) is 0 Å². The molecular formula is C14H19N3O3. The van der Waals surface area contributed by atoms with Crippen LogP contribution in [0.2, 0.25) is 0 Å². The van der Waals surface area contributed by atoms with Crippen LogP contribution in [-0.2, 0) is 16.6 Å². The summed E-state index contributed by atoms with van der Waals surface area (Å²) in [6.45, 7) is 2.02. The predicted octanol–water partition coefficient (Wildman–Crippen LogP) is 1.89. The van der Waals surface area contributed by atoms with Gasteiger partial charge < -0.3 is 10.1 Å². The summed E-state index contributed by atoms with van der Waals surface area (Å²) in [6.07, 6.45) is 8.13. The molecule has 0 saturated carbocycles. The maximum atomic E-state index is 12.0. The van der Waals surface area contributed by atoms with Gasteiger partial charge in [-0.3, -0.25) is 9.48 Å². The van der Waals surface area contributed by atoms with Gasteiger partial charge >= 0.3 is 5.97 Å². The minimum Gasteiger partial charge on any atom is -0.462 e. The van der Waals surface area contributed by atoms with Crippen molar-refractivity contribution in [3.8, 4) is 0 Å². The van der Waals surface area contributed by atoms with Gasteiger partial charge in [0.1, 0.15) is 5.56 Å². The Morgan fingerprint density at radius 2 is 2.35 bits per heavy atom. The molecule has 108 valence electrons. The molecule has 1 aromatic rings. The van der Waals surface area contributed by atoms with Crippen molar-refractivity contribution in [1.82, 2.24) is 9.78 Å². The van der Waals surface area contributed by atoms with Crippen molar-refractivity contribution in [3.05, 3.63) is 23.9 Å². The van der Waals surface area contributed by atoms with Crippen molar-refractivity contribution in [2.24, 2.45) is 13.0 Å². The molecule has 0 saturated heterocycles. The maximum Gasteiger partial charge on any atom is 0.343 e. The van der Waals surface area contributed by atoms with Crippen molar-refractivity contribution >= 4 is 17.7 Å². The first-order chi connectivity index (χ1) is 9.60. The SMILES string of the molecule is CCOC(=O)c1cn(C)nc1NC(=O)CC1C=CCC1. The second kappa shape index (κ2) is 6.36. The summed E-state index contributed by atoms with van der Waals surface area (Å²) in [4.78, 5) is 23.7. The fourth-order valence-electron chi connectivity index (χ4n) is 2.23. The number of ether oxygens (including phenoxy) is 1. The van der Waals surface area contributed by atoms with E-state index in [-0.39, 0.29) is 29.8 Å². The number of anilines is 1. The van der Waals surface area contributed by atoms with Crippen LogP contribution in [0, 0.1) is 5.92 Å². The summed E-state index contributed by atoms with van der Waals surface area (Å²) >= 11 is 0. The summed E-state index contributed by atoms with van der Waals surface area (Å²) in [5.41, 5.74) is 0.282. The van der Waals surface area contributed by atoms with Crippen molar-refractivity contribution in [2.75, 3.05) is 11.9 Å². The third kappa shape index (κ3) is 3.46. The molecule has 6 heteroatoms. The van der Waals surface area contributed by atoms with Crippen LogP contribution >= 0.6 is 0 Å². The minimum absolute atomic E-state index is 0.134. The van der Waals surface area contributed by atoms with Crippen LogP contribution in [-0.4, -0.2) is 28.3 Å². The molecule has 1 aromatic heterocycles. The lowest BCUT2D eigenvalue weighted by atomic mass is 10.1. The number of hydrogen-bond donors (Lipinski definition) is 1. The molecule has 1 amide bonds. The zero-order valence-corrected chi connectivity index (χ0v) is 11.8. The molecule has 20 heavy (non-hydrogen) atoms. The van der Waals surface area contributed by atoms with E-state index >= 15 is 0 Å². The Bertz CT molecular complexity index is 534. The Balaban J connectivity index is 2.02. The van der Waals surface area contributed by atoms with E-state index in [1.54, 1.807) is 20.2 Å². The molecule has 2 rings (SSSR count). The van der Waals surface area contributed by atoms with Gasteiger partial charge in [-0.25, -0.2) is 4.79 Å². The number of rotatable bonds is 5. The molecule has 0 spiro atoms. The van der Waals surface area contributed by atoms with Crippen LogP contribution in [0.15, 0.2) is 18.3 Å². The predicted molar refractivity (Wildman–Crippen MR) is 74.3 cm³/mol. The molecule has 1 aliphatic carbocycles. The van der Waals surface area contributed by atoms with E-state index in [4.69, 9.17) is 4.74 Å². The molecule has 0 radical (unpaired) electrons. The van der Waals surface area contributed by atoms with Crippen molar-refractivity contribution < 1.29 is 14.3 Å². The van der Waals surface area contributed by atoms with Crippen LogP contribution in [0.5, 0.6) is 0 Å². The smallest absolute Gasteiger partial charge is 0.343 e. The molecular weight excluding hydrogens is 258 g/mol. The summed E-state index contributed by atoms with van der Waals surface area (Å²) in [6, 6.07) is 0. The highest BCUT2D eigenvalue weighted by molar-refractivity contribution is 6.00. The van der Waals surface area contributed by atoms with Gasteiger partial charge in [0, 0.05) is 19.7 Å². The summed E-state index contributed by atoms with van der Waals surface area (Å²) in [5, 5.41) is 6.79. The lowest BCUT2D eigenvalue weighted by Crippen LogP contribution is -2.17. The Morgan fingerprint density at radius 3 is 3.00 bits per heavy atom. The second-order valence-electron chi connectivity index (χ2n) is 4.80. The number of nitrogens with zero attached hydrogens (tertiary/aromatic N) is 2. The first kappa shape index (κ1) is 14.3. The third-order valence-electron chi connectivity index (χ3n) is 3.14. The van der Waals surface area contributed by atoms with Crippen LogP contribution in [0.25, 0.3) is 0 Å². The van der Waals surface area contributed by atoms with Gasteiger partial charge in [0.15, 0.2) is 5.82 Å². The quantitative estimate of drug-likeness (QED) is 0.659. The Labute approximate surface area is 117 Å². The topological polar surface area (TPSA) is 73.2 Å². The molecule has 1 atom stereocenters. The molecule has 0 bridgehead atoms. The molecule has 1 heterocycles. The Morgan fingerprint density at radius 1 is 1.55 bits per heavy atom. The van der Waals surface area contributed by atoms with Gasteiger partial charge in [0.2, 0.25) is 5.91 Å². The zero-order valence-electron chi connectivity index (χ0n) is 11.8. The van der Waals surface area contributed by atoms with Gasteiger partial charge in [0.25, 0.3) is 0 Å². The molecule has 0 fully saturated rings. The number of allylic oxidation sites excluding steroid dienone is 2. The summed E-state index contributed by atoms with van der Waals surface area (Å²) in [5.74, 6) is -0.0647. The average Bonchev–Trinajstić information content (AvgIpc) is 2.99. The van der Waals surface area contributed by atoms with E-state index in [0.717, 1.165) is 12.8 Å². The highest BCUT2D eigenvalue weighted by Gasteiger charge is 2.20. The minimum atomic E-state index is -0.475. The van der Waals surface area contributed by atoms with E-state index in [2.05, 4.69) is 22.6 Å². The summed E-state index contributed by atoms with van der Waals surface area (Å²) < 4.78 is 6.43. The van der Waals surface area contributed by atoms with Crippen molar-refractivity contribution in [2.45, 2.75) is 26.2 Å². The van der Waals surface area contributed by atoms with Gasteiger partial charge in [-0.15, -0.1) is 0 Å². The first-order valence-corrected chi connectivity index (χ1v) is 6.77. The number of esters is 1. The second-order valence-corrected chi connectivity index (χ2v) is 4.80. The molecule has 6 nitrogen and oxygen atoms in total. The largest absolute Gasteiger partial charge is 0.462 e. The van der Waals surface area contributed by atoms with E-state index in [0.29, 0.717) is 6.42 Å². The number of aromatic nitrogens is 2. The van der Waals surface area contributed by atoms with Crippen molar-refractivity contribution in [3.63, 3.8) is 0 Å². The highest BCUT2D eigenvalue weighted by atomic mass is 16.5. The fourth-order valence-corrected chi connectivity index (χ4v) is 2.23. The van der Waals surface area contributed by atoms with Crippen LogP contribution in [0.4, 0.5) is 5.82 Å². The number of aryl methyl sites for hydroxylation is 1. The third-order valence-corrected chi connectivity index (χ3v) is 3.14. The monoisotopic (exact) mass is 277 g/mol. The van der Waals surface area contributed by atoms with Gasteiger partial charge in [0.05, 0.1) is 6.61 Å². The van der Waals surface area contributed by atoms with Gasteiger partial charge in [-0.05, 0) is 25.7 Å². The normalized spacial score (nSPS) is 17.2. The fraction of sp³-hybridized carbons (Fsp3) is 0.500. The van der Waals surface area contributed by atoms with Crippen LogP contribution in [0.1, 0.15) is 36.5 Å². The number of nitrogens with one attached hydrogen (secondary N) is 1. The van der Waals surface area contributed by atoms with Gasteiger partial charge in [-0.2, -0.15) is 5.10 Å². The number of amides is 1. The van der Waals surface area contributed by atoms with Crippen LogP contribution < -0.4 is 5.32 Å². The highest BCUT2D eigenvalue weighted by Crippen LogP contribution is 2.21. The lowest BCUT2D eigenvalue weighted by Gasteiger charge is -2.08. The van der Waals surface area contributed by atoms with E-state index in [1.165, 1.54) is 4.68 Å². The molecule has 0 aromatic carbocycles. The lowest BCUT2D eigenvalue weighted by molar-refractivity contribution is -0.116. The number of hydrogen-bond acceptors (Lipinski definition) is 4. The zero-order chi connectivity index (χ0) is 14.5.